The number of carbonyl (C=O) groups is 6. The summed E-state index contributed by atoms with van der Waals surface area (Å²) in [5.74, 6) is -2.75. The number of alkyl carbamates (subject to hydrolysis) is 1. The van der Waals surface area contributed by atoms with Gasteiger partial charge in [0.05, 0.1) is 0 Å². The fourth-order valence-corrected chi connectivity index (χ4v) is 4.53. The molecule has 0 bridgehead atoms. The van der Waals surface area contributed by atoms with E-state index in [1.54, 1.807) is 69.3 Å². The van der Waals surface area contributed by atoms with E-state index in [-0.39, 0.29) is 25.9 Å². The summed E-state index contributed by atoms with van der Waals surface area (Å²) >= 11 is 0. The Morgan fingerprint density at radius 3 is 1.98 bits per heavy atom. The number of rotatable bonds is 17. The van der Waals surface area contributed by atoms with Crippen LogP contribution in [0.3, 0.4) is 0 Å². The molecule has 0 radical (unpaired) electrons. The lowest BCUT2D eigenvalue weighted by Crippen LogP contribution is -2.62. The number of benzene rings is 2. The first kappa shape index (κ1) is 42.8. The lowest BCUT2D eigenvalue weighted by molar-refractivity contribution is -0.145. The molecular formula is C38H53N5O9. The van der Waals surface area contributed by atoms with Gasteiger partial charge in [0, 0.05) is 12.8 Å². The maximum atomic E-state index is 13.7. The zero-order valence-electron chi connectivity index (χ0n) is 31.3. The maximum Gasteiger partial charge on any atom is 0.408 e. The Morgan fingerprint density at radius 1 is 0.769 bits per heavy atom. The summed E-state index contributed by atoms with van der Waals surface area (Å²) in [6.07, 6.45) is 0.0875. The Labute approximate surface area is 305 Å². The van der Waals surface area contributed by atoms with Crippen LogP contribution < -0.4 is 31.3 Å². The van der Waals surface area contributed by atoms with Gasteiger partial charge in [-0.3, -0.25) is 24.0 Å². The Morgan fingerprint density at radius 2 is 1.40 bits per heavy atom. The van der Waals surface area contributed by atoms with E-state index in [0.29, 0.717) is 11.3 Å². The van der Waals surface area contributed by atoms with Crippen LogP contribution in [0.25, 0.3) is 0 Å². The van der Waals surface area contributed by atoms with E-state index in [2.05, 4.69) is 33.2 Å². The Balaban J connectivity index is 2.18. The van der Waals surface area contributed by atoms with Gasteiger partial charge in [-0.25, -0.2) is 4.79 Å². The smallest absolute Gasteiger partial charge is 0.408 e. The van der Waals surface area contributed by atoms with E-state index in [9.17, 15) is 28.8 Å². The molecule has 0 saturated heterocycles. The van der Waals surface area contributed by atoms with Crippen LogP contribution in [0.2, 0.25) is 0 Å². The highest BCUT2D eigenvalue weighted by atomic mass is 16.6. The van der Waals surface area contributed by atoms with Gasteiger partial charge in [-0.05, 0) is 91.3 Å². The summed E-state index contributed by atoms with van der Waals surface area (Å²) in [5, 5.41) is 12.7. The summed E-state index contributed by atoms with van der Waals surface area (Å²) in [6, 6.07) is 13.6. The van der Waals surface area contributed by atoms with Crippen LogP contribution in [0, 0.1) is 0 Å². The minimum absolute atomic E-state index is 0.00598. The van der Waals surface area contributed by atoms with Gasteiger partial charge in [0.1, 0.15) is 47.7 Å². The number of ether oxygens (including phenoxy) is 3. The largest absolute Gasteiger partial charge is 0.488 e. The number of nitrogens with one attached hydrogen (secondary N) is 5. The second-order valence-electron chi connectivity index (χ2n) is 14.6. The fourth-order valence-electron chi connectivity index (χ4n) is 4.53. The van der Waals surface area contributed by atoms with E-state index in [1.165, 1.54) is 20.0 Å². The third-order valence-corrected chi connectivity index (χ3v) is 6.99. The van der Waals surface area contributed by atoms with E-state index < -0.39 is 71.1 Å². The van der Waals surface area contributed by atoms with Gasteiger partial charge < -0.3 is 40.8 Å². The molecule has 2 atom stereocenters. The van der Waals surface area contributed by atoms with E-state index >= 15 is 0 Å². The number of esters is 1. The van der Waals surface area contributed by atoms with Gasteiger partial charge in [0.15, 0.2) is 0 Å². The van der Waals surface area contributed by atoms with Gasteiger partial charge in [-0.15, -0.1) is 0 Å². The van der Waals surface area contributed by atoms with Crippen molar-refractivity contribution in [2.24, 2.45) is 0 Å². The van der Waals surface area contributed by atoms with Crippen LogP contribution in [0.5, 0.6) is 5.75 Å². The summed E-state index contributed by atoms with van der Waals surface area (Å²) < 4.78 is 16.5. The number of amides is 5. The van der Waals surface area contributed by atoms with Crippen molar-refractivity contribution in [2.75, 3.05) is 6.54 Å². The third kappa shape index (κ3) is 16.5. The molecule has 2 rings (SSSR count). The normalized spacial score (nSPS) is 12.6. The standard InChI is InChI=1S/C38H53N5O9/c1-10-39-30(44)21-20-28(32(46)40-23-31(45)50-24-26-14-12-11-13-15-26)41-34(48)38(8,9)43-33(47)29(42-35(49)52-37(5,6)7)22-25-16-18-27(19-17-25)51-36(2,3)4/h10-19,28-29H,1,20-24H2,2-9H3,(H,39,44)(H,40,46)(H,41,48)(H,42,49)(H,43,47)/t28-,29?/m0/s1. The molecule has 1 unspecified atom stereocenters. The molecule has 0 aliphatic carbocycles. The second kappa shape index (κ2) is 19.3. The maximum absolute atomic E-state index is 13.7. The summed E-state index contributed by atoms with van der Waals surface area (Å²) in [7, 11) is 0. The zero-order chi connectivity index (χ0) is 39.1. The molecule has 0 aliphatic heterocycles. The second-order valence-corrected chi connectivity index (χ2v) is 14.6. The molecule has 52 heavy (non-hydrogen) atoms. The highest BCUT2D eigenvalue weighted by Crippen LogP contribution is 2.20. The zero-order valence-corrected chi connectivity index (χ0v) is 31.3. The topological polar surface area (TPSA) is 190 Å². The molecule has 0 aromatic heterocycles. The minimum atomic E-state index is -1.62. The molecule has 0 aliphatic rings. The Kier molecular flexibility index (Phi) is 15.9. The molecular weight excluding hydrogens is 670 g/mol. The van der Waals surface area contributed by atoms with Crippen molar-refractivity contribution in [3.63, 3.8) is 0 Å². The van der Waals surface area contributed by atoms with Crippen molar-refractivity contribution in [3.8, 4) is 5.75 Å². The molecule has 5 N–H and O–H groups in total. The van der Waals surface area contributed by atoms with E-state index in [1.807, 2.05) is 26.8 Å². The lowest BCUT2D eigenvalue weighted by Gasteiger charge is -2.30. The Bertz CT molecular complexity index is 1550. The molecule has 284 valence electrons. The van der Waals surface area contributed by atoms with Gasteiger partial charge in [-0.1, -0.05) is 49.0 Å². The molecule has 0 heterocycles. The predicted octanol–water partition coefficient (Wildman–Crippen LogP) is 3.58. The molecule has 14 nitrogen and oxygen atoms in total. The van der Waals surface area contributed by atoms with Crippen LogP contribution in [-0.4, -0.2) is 71.1 Å². The monoisotopic (exact) mass is 723 g/mol. The average molecular weight is 724 g/mol. The first-order chi connectivity index (χ1) is 24.2. The van der Waals surface area contributed by atoms with E-state index in [0.717, 1.165) is 5.56 Å². The molecule has 14 heteroatoms. The first-order valence-corrected chi connectivity index (χ1v) is 17.0. The SMILES string of the molecule is C=CNC(=O)CC[C@H](NC(=O)C(C)(C)NC(=O)C(Cc1ccc(OC(C)(C)C)cc1)NC(=O)OC(C)(C)C)C(=O)NCC(=O)OCc1ccccc1. The highest BCUT2D eigenvalue weighted by Gasteiger charge is 2.36. The quantitative estimate of drug-likeness (QED) is 0.152. The summed E-state index contributed by atoms with van der Waals surface area (Å²) in [4.78, 5) is 77.7. The van der Waals surface area contributed by atoms with Crippen LogP contribution in [-0.2, 0) is 46.5 Å². The summed E-state index contributed by atoms with van der Waals surface area (Å²) in [6.45, 7) is 16.6. The van der Waals surface area contributed by atoms with Gasteiger partial charge in [0.25, 0.3) is 0 Å². The number of hydrogen-bond acceptors (Lipinski definition) is 9. The molecule has 5 amide bonds. The van der Waals surface area contributed by atoms with Gasteiger partial charge in [-0.2, -0.15) is 0 Å². The Hall–Kier alpha value is -5.40. The summed E-state index contributed by atoms with van der Waals surface area (Å²) in [5.41, 5.74) is -1.42. The third-order valence-electron chi connectivity index (χ3n) is 6.99. The minimum Gasteiger partial charge on any atom is -0.488 e. The molecule has 0 spiro atoms. The highest BCUT2D eigenvalue weighted by molar-refractivity contribution is 5.96. The van der Waals surface area contributed by atoms with Crippen LogP contribution in [0.4, 0.5) is 4.79 Å². The number of hydrogen-bond donors (Lipinski definition) is 5. The lowest BCUT2D eigenvalue weighted by atomic mass is 9.99. The molecule has 0 saturated carbocycles. The van der Waals surface area contributed by atoms with Crippen LogP contribution in [0.15, 0.2) is 67.4 Å². The van der Waals surface area contributed by atoms with Crippen molar-refractivity contribution in [2.45, 2.75) is 110 Å². The molecule has 2 aromatic rings. The molecule has 0 fully saturated rings. The van der Waals surface area contributed by atoms with Crippen molar-refractivity contribution < 1.29 is 43.0 Å². The fraction of sp³-hybridized carbons (Fsp3) is 0.474. The van der Waals surface area contributed by atoms with E-state index in [4.69, 9.17) is 14.2 Å². The van der Waals surface area contributed by atoms with Crippen molar-refractivity contribution in [3.05, 3.63) is 78.5 Å². The van der Waals surface area contributed by atoms with Crippen LogP contribution >= 0.6 is 0 Å². The average Bonchev–Trinajstić information content (AvgIpc) is 3.03. The van der Waals surface area contributed by atoms with Crippen molar-refractivity contribution >= 4 is 35.7 Å². The first-order valence-electron chi connectivity index (χ1n) is 17.0. The predicted molar refractivity (Wildman–Crippen MR) is 195 cm³/mol. The number of carbonyl (C=O) groups excluding carboxylic acids is 6. The van der Waals surface area contributed by atoms with Gasteiger partial charge in [0.2, 0.25) is 23.6 Å². The van der Waals surface area contributed by atoms with Crippen molar-refractivity contribution in [1.82, 2.24) is 26.6 Å². The van der Waals surface area contributed by atoms with Crippen molar-refractivity contribution in [1.29, 1.82) is 0 Å². The van der Waals surface area contributed by atoms with Crippen LogP contribution in [0.1, 0.15) is 79.4 Å². The molecule has 2 aromatic carbocycles. The van der Waals surface area contributed by atoms with Gasteiger partial charge >= 0.3 is 12.1 Å².